The van der Waals surface area contributed by atoms with Crippen molar-refractivity contribution in [3.8, 4) is 0 Å². The van der Waals surface area contributed by atoms with Crippen molar-refractivity contribution in [1.82, 2.24) is 10.2 Å². The summed E-state index contributed by atoms with van der Waals surface area (Å²) in [4.78, 5) is 2.28. The van der Waals surface area contributed by atoms with Gasteiger partial charge in [-0.3, -0.25) is 0 Å². The zero-order chi connectivity index (χ0) is 12.0. The summed E-state index contributed by atoms with van der Waals surface area (Å²) in [5, 5.41) is 4.19. The summed E-state index contributed by atoms with van der Waals surface area (Å²) in [6, 6.07) is 0. The molecule has 0 spiro atoms. The highest BCUT2D eigenvalue weighted by molar-refractivity contribution is 8.00. The van der Waals surface area contributed by atoms with Gasteiger partial charge in [0, 0.05) is 43.9 Å². The number of hydrogen-bond acceptors (Lipinski definition) is 3. The van der Waals surface area contributed by atoms with Crippen molar-refractivity contribution in [1.29, 1.82) is 0 Å². The van der Waals surface area contributed by atoms with Gasteiger partial charge in [-0.05, 0) is 32.5 Å². The SMILES string of the molecule is COCCCNC(=S)N1CCSC(C)(C)C1. The molecule has 1 N–H and O–H groups in total. The molecule has 0 radical (unpaired) electrons. The van der Waals surface area contributed by atoms with Gasteiger partial charge in [-0.2, -0.15) is 11.8 Å². The minimum atomic E-state index is 0.316. The molecule has 3 nitrogen and oxygen atoms in total. The molecule has 0 bridgehead atoms. The molecule has 0 atom stereocenters. The van der Waals surface area contributed by atoms with Crippen LogP contribution in [0.5, 0.6) is 0 Å². The van der Waals surface area contributed by atoms with Gasteiger partial charge in [0.05, 0.1) is 0 Å². The standard InChI is InChI=1S/C11H22N2OS2/c1-11(2)9-13(6-8-16-11)10(15)12-5-4-7-14-3/h4-9H2,1-3H3,(H,12,15). The normalized spacial score (nSPS) is 19.6. The highest BCUT2D eigenvalue weighted by Gasteiger charge is 2.27. The molecular weight excluding hydrogens is 240 g/mol. The van der Waals surface area contributed by atoms with E-state index in [0.717, 1.165) is 43.5 Å². The van der Waals surface area contributed by atoms with Crippen molar-refractivity contribution in [2.24, 2.45) is 0 Å². The Balaban J connectivity index is 2.25. The van der Waals surface area contributed by atoms with Crippen LogP contribution in [0.25, 0.3) is 0 Å². The van der Waals surface area contributed by atoms with Crippen molar-refractivity contribution in [3.63, 3.8) is 0 Å². The third-order valence-electron chi connectivity index (χ3n) is 2.51. The lowest BCUT2D eigenvalue weighted by Crippen LogP contribution is -2.50. The van der Waals surface area contributed by atoms with Crippen LogP contribution >= 0.6 is 24.0 Å². The van der Waals surface area contributed by atoms with Crippen LogP contribution in [0.3, 0.4) is 0 Å². The van der Waals surface area contributed by atoms with Crippen LogP contribution in [-0.2, 0) is 4.74 Å². The van der Waals surface area contributed by atoms with Gasteiger partial charge in [0.15, 0.2) is 5.11 Å². The largest absolute Gasteiger partial charge is 0.385 e. The average Bonchev–Trinajstić information content (AvgIpc) is 2.22. The average molecular weight is 262 g/mol. The molecular formula is C11H22N2OS2. The van der Waals surface area contributed by atoms with Crippen LogP contribution < -0.4 is 5.32 Å². The number of nitrogens with zero attached hydrogens (tertiary/aromatic N) is 1. The Morgan fingerprint density at radius 1 is 1.56 bits per heavy atom. The Labute approximate surface area is 108 Å². The molecule has 0 unspecified atom stereocenters. The van der Waals surface area contributed by atoms with Crippen LogP contribution in [0.2, 0.25) is 0 Å². The van der Waals surface area contributed by atoms with E-state index in [4.69, 9.17) is 17.0 Å². The summed E-state index contributed by atoms with van der Waals surface area (Å²) in [5.74, 6) is 1.16. The van der Waals surface area contributed by atoms with Crippen molar-refractivity contribution in [2.45, 2.75) is 25.0 Å². The van der Waals surface area contributed by atoms with Gasteiger partial charge in [-0.15, -0.1) is 0 Å². The molecule has 1 aliphatic rings. The predicted molar refractivity (Wildman–Crippen MR) is 75.2 cm³/mol. The summed E-state index contributed by atoms with van der Waals surface area (Å²) < 4.78 is 5.32. The van der Waals surface area contributed by atoms with Gasteiger partial charge in [-0.25, -0.2) is 0 Å². The van der Waals surface area contributed by atoms with E-state index in [1.165, 1.54) is 0 Å². The molecule has 16 heavy (non-hydrogen) atoms. The first-order chi connectivity index (χ1) is 7.55. The zero-order valence-electron chi connectivity index (χ0n) is 10.4. The Bertz CT molecular complexity index is 234. The maximum Gasteiger partial charge on any atom is 0.169 e. The summed E-state index contributed by atoms with van der Waals surface area (Å²) in [5.41, 5.74) is 0. The fourth-order valence-corrected chi connectivity index (χ4v) is 3.08. The first kappa shape index (κ1) is 14.1. The van der Waals surface area contributed by atoms with Gasteiger partial charge < -0.3 is 15.0 Å². The Morgan fingerprint density at radius 3 is 2.94 bits per heavy atom. The maximum atomic E-state index is 5.39. The number of thioether (sulfide) groups is 1. The highest BCUT2D eigenvalue weighted by atomic mass is 32.2. The van der Waals surface area contributed by atoms with Gasteiger partial charge in [0.2, 0.25) is 0 Å². The summed E-state index contributed by atoms with van der Waals surface area (Å²) in [7, 11) is 1.72. The summed E-state index contributed by atoms with van der Waals surface area (Å²) in [6.07, 6.45) is 1.00. The smallest absolute Gasteiger partial charge is 0.169 e. The number of ether oxygens (including phenoxy) is 1. The van der Waals surface area contributed by atoms with E-state index in [1.807, 2.05) is 11.8 Å². The zero-order valence-corrected chi connectivity index (χ0v) is 12.0. The Morgan fingerprint density at radius 2 is 2.31 bits per heavy atom. The molecule has 1 aliphatic heterocycles. The van der Waals surface area contributed by atoms with E-state index in [2.05, 4.69) is 24.1 Å². The highest BCUT2D eigenvalue weighted by Crippen LogP contribution is 2.29. The molecule has 1 fully saturated rings. The second-order valence-corrected chi connectivity index (χ2v) is 6.80. The van der Waals surface area contributed by atoms with Crippen molar-refractivity contribution in [3.05, 3.63) is 0 Å². The second kappa shape index (κ2) is 6.67. The summed E-state index contributed by atoms with van der Waals surface area (Å²) in [6.45, 7) is 8.33. The summed E-state index contributed by atoms with van der Waals surface area (Å²) >= 11 is 7.42. The minimum Gasteiger partial charge on any atom is -0.385 e. The number of hydrogen-bond donors (Lipinski definition) is 1. The fourth-order valence-electron chi connectivity index (χ4n) is 1.71. The lowest BCUT2D eigenvalue weighted by molar-refractivity contribution is 0.195. The Kier molecular flexibility index (Phi) is 5.86. The molecule has 0 aromatic rings. The van der Waals surface area contributed by atoms with E-state index >= 15 is 0 Å². The van der Waals surface area contributed by atoms with Crippen LogP contribution in [-0.4, -0.2) is 53.9 Å². The number of methoxy groups -OCH3 is 1. The van der Waals surface area contributed by atoms with E-state index in [0.29, 0.717) is 4.75 Å². The first-order valence-corrected chi connectivity index (χ1v) is 7.10. The van der Waals surface area contributed by atoms with Gasteiger partial charge in [0.1, 0.15) is 0 Å². The van der Waals surface area contributed by atoms with E-state index in [1.54, 1.807) is 7.11 Å². The molecule has 1 rings (SSSR count). The fraction of sp³-hybridized carbons (Fsp3) is 0.909. The van der Waals surface area contributed by atoms with Crippen LogP contribution in [0, 0.1) is 0 Å². The number of rotatable bonds is 4. The topological polar surface area (TPSA) is 24.5 Å². The third kappa shape index (κ3) is 4.89. The number of thiocarbonyl (C=S) groups is 1. The second-order valence-electron chi connectivity index (χ2n) is 4.61. The van der Waals surface area contributed by atoms with Gasteiger partial charge >= 0.3 is 0 Å². The predicted octanol–water partition coefficient (Wildman–Crippen LogP) is 1.72. The molecule has 0 saturated carbocycles. The molecule has 0 aromatic heterocycles. The molecule has 1 heterocycles. The maximum absolute atomic E-state index is 5.39. The molecule has 94 valence electrons. The molecule has 1 saturated heterocycles. The molecule has 0 aromatic carbocycles. The number of nitrogens with one attached hydrogen (secondary N) is 1. The van der Waals surface area contributed by atoms with Crippen LogP contribution in [0.1, 0.15) is 20.3 Å². The lowest BCUT2D eigenvalue weighted by Gasteiger charge is -2.39. The molecule has 0 aliphatic carbocycles. The van der Waals surface area contributed by atoms with Crippen molar-refractivity contribution < 1.29 is 4.74 Å². The van der Waals surface area contributed by atoms with Gasteiger partial charge in [0.25, 0.3) is 0 Å². The monoisotopic (exact) mass is 262 g/mol. The lowest BCUT2D eigenvalue weighted by atomic mass is 10.2. The van der Waals surface area contributed by atoms with Crippen LogP contribution in [0.4, 0.5) is 0 Å². The first-order valence-electron chi connectivity index (χ1n) is 5.71. The minimum absolute atomic E-state index is 0.316. The molecule has 0 amide bonds. The Hall–Kier alpha value is 0. The van der Waals surface area contributed by atoms with Crippen molar-refractivity contribution >= 4 is 29.1 Å². The van der Waals surface area contributed by atoms with E-state index in [-0.39, 0.29) is 0 Å². The third-order valence-corrected chi connectivity index (χ3v) is 4.21. The van der Waals surface area contributed by atoms with Crippen molar-refractivity contribution in [2.75, 3.05) is 39.1 Å². The van der Waals surface area contributed by atoms with Gasteiger partial charge in [-0.1, -0.05) is 0 Å². The van der Waals surface area contributed by atoms with E-state index < -0.39 is 0 Å². The van der Waals surface area contributed by atoms with E-state index in [9.17, 15) is 0 Å². The molecule has 5 heteroatoms. The quantitative estimate of drug-likeness (QED) is 0.614. The van der Waals surface area contributed by atoms with Crippen LogP contribution in [0.15, 0.2) is 0 Å².